The van der Waals surface area contributed by atoms with Gasteiger partial charge in [-0.2, -0.15) is 0 Å². The number of aromatic nitrogens is 1. The van der Waals surface area contributed by atoms with E-state index < -0.39 is 0 Å². The third-order valence-electron chi connectivity index (χ3n) is 5.20. The predicted octanol–water partition coefficient (Wildman–Crippen LogP) is 8.24. The van der Waals surface area contributed by atoms with Gasteiger partial charge in [-0.1, -0.05) is 54.7 Å². The minimum atomic E-state index is -0.356. The summed E-state index contributed by atoms with van der Waals surface area (Å²) in [5.41, 5.74) is 4.29. The van der Waals surface area contributed by atoms with Crippen LogP contribution < -0.4 is 10.1 Å². The Balaban J connectivity index is 1.58. The molecule has 0 aliphatic carbocycles. The number of methoxy groups -OCH3 is 1. The molecule has 5 nitrogen and oxygen atoms in total. The van der Waals surface area contributed by atoms with Crippen molar-refractivity contribution in [1.82, 2.24) is 4.98 Å². The minimum Gasteiger partial charge on any atom is -0.495 e. The van der Waals surface area contributed by atoms with E-state index in [9.17, 15) is 4.79 Å². The van der Waals surface area contributed by atoms with Crippen molar-refractivity contribution >= 4 is 63.6 Å². The van der Waals surface area contributed by atoms with Crippen molar-refractivity contribution < 1.29 is 13.9 Å². The molecule has 0 fully saturated rings. The molecule has 4 rings (SSSR count). The largest absolute Gasteiger partial charge is 0.495 e. The summed E-state index contributed by atoms with van der Waals surface area (Å²) in [4.78, 5) is 17.2. The van der Waals surface area contributed by atoms with Crippen LogP contribution in [0.5, 0.6) is 5.75 Å². The van der Waals surface area contributed by atoms with Gasteiger partial charge in [-0.3, -0.25) is 4.79 Å². The molecule has 0 spiro atoms. The smallest absolute Gasteiger partial charge is 0.248 e. The zero-order valence-corrected chi connectivity index (χ0v) is 20.9. The first-order valence-corrected chi connectivity index (χ1v) is 11.6. The fraction of sp³-hybridized carbons (Fsp3) is 0.154. The van der Waals surface area contributed by atoms with Gasteiger partial charge in [-0.05, 0) is 60.0 Å². The molecule has 0 radical (unpaired) electrons. The summed E-state index contributed by atoms with van der Waals surface area (Å²) in [5, 5.41) is 4.07. The molecular formula is C26H21Cl3N2O3. The summed E-state index contributed by atoms with van der Waals surface area (Å²) >= 11 is 18.6. The number of anilines is 1. The second-order valence-corrected chi connectivity index (χ2v) is 9.18. The number of benzene rings is 3. The van der Waals surface area contributed by atoms with Crippen LogP contribution in [0.3, 0.4) is 0 Å². The molecule has 1 aromatic heterocycles. The number of carbonyl (C=O) groups is 1. The van der Waals surface area contributed by atoms with Gasteiger partial charge in [0.05, 0.1) is 22.7 Å². The number of amides is 1. The topological polar surface area (TPSA) is 64.4 Å². The van der Waals surface area contributed by atoms with E-state index in [1.165, 1.54) is 18.7 Å². The van der Waals surface area contributed by atoms with Crippen LogP contribution in [-0.4, -0.2) is 18.0 Å². The Morgan fingerprint density at radius 2 is 1.85 bits per heavy atom. The predicted molar refractivity (Wildman–Crippen MR) is 139 cm³/mol. The molecule has 34 heavy (non-hydrogen) atoms. The van der Waals surface area contributed by atoms with Crippen LogP contribution in [0.4, 0.5) is 5.69 Å². The summed E-state index contributed by atoms with van der Waals surface area (Å²) in [6.07, 6.45) is 2.95. The van der Waals surface area contributed by atoms with Gasteiger partial charge in [-0.15, -0.1) is 0 Å². The Morgan fingerprint density at radius 1 is 1.06 bits per heavy atom. The summed E-state index contributed by atoms with van der Waals surface area (Å²) < 4.78 is 11.2. The number of hydrogen-bond acceptors (Lipinski definition) is 4. The van der Waals surface area contributed by atoms with E-state index in [2.05, 4.69) is 24.1 Å². The Hall–Kier alpha value is -2.99. The highest BCUT2D eigenvalue weighted by molar-refractivity contribution is 6.36. The maximum Gasteiger partial charge on any atom is 0.248 e. The van der Waals surface area contributed by atoms with Crippen LogP contribution in [0.2, 0.25) is 15.1 Å². The Labute approximate surface area is 212 Å². The highest BCUT2D eigenvalue weighted by atomic mass is 35.5. The molecule has 0 saturated carbocycles. The molecular weight excluding hydrogens is 495 g/mol. The highest BCUT2D eigenvalue weighted by Gasteiger charge is 2.14. The quantitative estimate of drug-likeness (QED) is 0.263. The molecule has 8 heteroatoms. The lowest BCUT2D eigenvalue weighted by molar-refractivity contribution is -0.111. The molecule has 0 bridgehead atoms. The highest BCUT2D eigenvalue weighted by Crippen LogP contribution is 2.34. The third-order valence-corrected chi connectivity index (χ3v) is 6.03. The fourth-order valence-corrected chi connectivity index (χ4v) is 4.24. The van der Waals surface area contributed by atoms with Gasteiger partial charge in [0.2, 0.25) is 11.8 Å². The molecule has 0 aliphatic rings. The Bertz CT molecular complexity index is 1410. The second-order valence-electron chi connectivity index (χ2n) is 7.93. The summed E-state index contributed by atoms with van der Waals surface area (Å²) in [6, 6.07) is 14.3. The van der Waals surface area contributed by atoms with Crippen molar-refractivity contribution in [2.75, 3.05) is 12.4 Å². The van der Waals surface area contributed by atoms with E-state index in [4.69, 9.17) is 44.0 Å². The van der Waals surface area contributed by atoms with Crippen molar-refractivity contribution in [3.8, 4) is 17.2 Å². The lowest BCUT2D eigenvalue weighted by atomic mass is 10.0. The van der Waals surface area contributed by atoms with Crippen LogP contribution in [0.15, 0.2) is 59.0 Å². The number of carbonyl (C=O) groups excluding carboxylic acids is 1. The summed E-state index contributed by atoms with van der Waals surface area (Å²) in [7, 11) is 1.50. The number of ether oxygens (including phenoxy) is 1. The Morgan fingerprint density at radius 3 is 2.59 bits per heavy atom. The van der Waals surface area contributed by atoms with E-state index in [1.807, 2.05) is 18.2 Å². The first kappa shape index (κ1) is 24.1. The monoisotopic (exact) mass is 514 g/mol. The van der Waals surface area contributed by atoms with E-state index in [-0.39, 0.29) is 5.91 Å². The van der Waals surface area contributed by atoms with Gasteiger partial charge in [0.15, 0.2) is 5.58 Å². The molecule has 4 aromatic rings. The molecule has 1 heterocycles. The molecule has 0 aliphatic heterocycles. The number of nitrogens with one attached hydrogen (secondary N) is 1. The molecule has 1 N–H and O–H groups in total. The maximum atomic E-state index is 12.6. The lowest BCUT2D eigenvalue weighted by Gasteiger charge is -2.08. The van der Waals surface area contributed by atoms with Crippen LogP contribution in [0.25, 0.3) is 28.6 Å². The standard InChI is InChI=1S/C26H21Cl3N2O3/c1-14(2)15-4-8-23-22(11-15)31-26(34-23)19-13-18(6-7-20(19)28)30-24(32)9-5-16-10-17(27)12-21(29)25(16)33-3/h4-14H,1-3H3,(H,30,32). The van der Waals surface area contributed by atoms with Crippen molar-refractivity contribution in [1.29, 1.82) is 0 Å². The number of nitrogens with zero attached hydrogens (tertiary/aromatic N) is 1. The van der Waals surface area contributed by atoms with Crippen LogP contribution >= 0.6 is 34.8 Å². The first-order chi connectivity index (χ1) is 16.2. The van der Waals surface area contributed by atoms with Gasteiger partial charge >= 0.3 is 0 Å². The maximum absolute atomic E-state index is 12.6. The molecule has 1 amide bonds. The molecule has 174 valence electrons. The number of hydrogen-bond donors (Lipinski definition) is 1. The van der Waals surface area contributed by atoms with E-state index in [1.54, 1.807) is 36.4 Å². The second kappa shape index (κ2) is 10.1. The van der Waals surface area contributed by atoms with E-state index in [0.717, 1.165) is 5.52 Å². The molecule has 0 saturated heterocycles. The number of halogens is 3. The zero-order valence-electron chi connectivity index (χ0n) is 18.7. The fourth-order valence-electron chi connectivity index (χ4n) is 3.45. The van der Waals surface area contributed by atoms with Crippen molar-refractivity contribution in [3.05, 3.63) is 80.8 Å². The number of oxazole rings is 1. The van der Waals surface area contributed by atoms with Crippen LogP contribution in [-0.2, 0) is 4.79 Å². The van der Waals surface area contributed by atoms with E-state index in [0.29, 0.717) is 55.0 Å². The van der Waals surface area contributed by atoms with Crippen LogP contribution in [0.1, 0.15) is 30.9 Å². The SMILES string of the molecule is COc1c(Cl)cc(Cl)cc1C=CC(=O)Nc1ccc(Cl)c(-c2nc3cc(C(C)C)ccc3o2)c1. The summed E-state index contributed by atoms with van der Waals surface area (Å²) in [5.74, 6) is 0.833. The van der Waals surface area contributed by atoms with Gasteiger partial charge < -0.3 is 14.5 Å². The molecule has 0 atom stereocenters. The van der Waals surface area contributed by atoms with Crippen molar-refractivity contribution in [2.45, 2.75) is 19.8 Å². The number of rotatable bonds is 6. The Kier molecular flexibility index (Phi) is 7.17. The van der Waals surface area contributed by atoms with Gasteiger partial charge in [0.25, 0.3) is 0 Å². The van der Waals surface area contributed by atoms with Gasteiger partial charge in [0.1, 0.15) is 11.3 Å². The number of fused-ring (bicyclic) bond motifs is 1. The molecule has 3 aromatic carbocycles. The van der Waals surface area contributed by atoms with Crippen molar-refractivity contribution in [3.63, 3.8) is 0 Å². The van der Waals surface area contributed by atoms with Crippen molar-refractivity contribution in [2.24, 2.45) is 0 Å². The zero-order chi connectivity index (χ0) is 24.4. The van der Waals surface area contributed by atoms with E-state index >= 15 is 0 Å². The molecule has 0 unspecified atom stereocenters. The van der Waals surface area contributed by atoms with Gasteiger partial charge in [0, 0.05) is 22.3 Å². The third kappa shape index (κ3) is 5.22. The average Bonchev–Trinajstić information content (AvgIpc) is 3.21. The normalized spacial score (nSPS) is 11.5. The minimum absolute atomic E-state index is 0.356. The summed E-state index contributed by atoms with van der Waals surface area (Å²) in [6.45, 7) is 4.24. The lowest BCUT2D eigenvalue weighted by Crippen LogP contribution is -2.07. The first-order valence-electron chi connectivity index (χ1n) is 10.5. The average molecular weight is 516 g/mol. The van der Waals surface area contributed by atoms with Gasteiger partial charge in [-0.25, -0.2) is 4.98 Å². The van der Waals surface area contributed by atoms with Crippen LogP contribution in [0, 0.1) is 0 Å².